The Kier molecular flexibility index (Phi) is 9.44. The number of hydrogen-bond acceptors (Lipinski definition) is 8. The third kappa shape index (κ3) is 6.80. The van der Waals surface area contributed by atoms with Gasteiger partial charge in [-0.15, -0.1) is 0 Å². The largest absolute Gasteiger partial charge is 0.487 e. The lowest BCUT2D eigenvalue weighted by atomic mass is 9.86. The molecule has 14 nitrogen and oxygen atoms in total. The van der Waals surface area contributed by atoms with Gasteiger partial charge in [-0.25, -0.2) is 18.2 Å². The number of imidazole rings is 1. The average molecular weight is 781 g/mol. The van der Waals surface area contributed by atoms with Crippen LogP contribution in [-0.2, 0) is 38.2 Å². The van der Waals surface area contributed by atoms with Crippen LogP contribution in [0.1, 0.15) is 59.6 Å². The van der Waals surface area contributed by atoms with Crippen LogP contribution in [0.2, 0.25) is 0 Å². The first kappa shape index (κ1) is 36.7. The Morgan fingerprint density at radius 2 is 1.75 bits per heavy atom. The van der Waals surface area contributed by atoms with E-state index in [9.17, 15) is 32.4 Å². The highest BCUT2D eigenvalue weighted by Gasteiger charge is 2.38. The molecule has 16 heteroatoms. The molecule has 2 fully saturated rings. The van der Waals surface area contributed by atoms with Gasteiger partial charge in [-0.05, 0) is 84.0 Å². The summed E-state index contributed by atoms with van der Waals surface area (Å²) in [6.45, 7) is -0.213. The maximum atomic E-state index is 16.2. The number of aryl methyl sites for hydroxylation is 1. The van der Waals surface area contributed by atoms with Crippen molar-refractivity contribution in [2.24, 2.45) is 13.0 Å². The van der Waals surface area contributed by atoms with Crippen LogP contribution < -0.4 is 30.1 Å². The number of nitrogens with zero attached hydrogens (tertiary/aromatic N) is 3. The molecule has 0 bridgehead atoms. The second-order valence-corrected chi connectivity index (χ2v) is 15.8. The van der Waals surface area contributed by atoms with Crippen LogP contribution in [0.5, 0.6) is 5.75 Å². The molecule has 3 heterocycles. The molecule has 5 aromatic rings. The van der Waals surface area contributed by atoms with Crippen molar-refractivity contribution in [2.75, 3.05) is 17.4 Å². The summed E-state index contributed by atoms with van der Waals surface area (Å²) in [7, 11) is -2.69. The molecule has 2 atom stereocenters. The Labute approximate surface area is 320 Å². The molecule has 1 aromatic heterocycles. The van der Waals surface area contributed by atoms with Gasteiger partial charge in [0.15, 0.2) is 5.82 Å². The monoisotopic (exact) mass is 780 g/mol. The van der Waals surface area contributed by atoms with E-state index in [4.69, 9.17) is 4.74 Å². The minimum absolute atomic E-state index is 0.00185. The van der Waals surface area contributed by atoms with E-state index < -0.39 is 46.1 Å². The van der Waals surface area contributed by atoms with Gasteiger partial charge in [-0.3, -0.25) is 33.6 Å². The molecule has 8 rings (SSSR count). The number of rotatable bonds is 9. The van der Waals surface area contributed by atoms with Crippen molar-refractivity contribution >= 4 is 66.9 Å². The molecule has 0 radical (unpaired) electrons. The van der Waals surface area contributed by atoms with Gasteiger partial charge in [0.2, 0.25) is 11.8 Å². The van der Waals surface area contributed by atoms with Gasteiger partial charge in [-0.1, -0.05) is 48.5 Å². The van der Waals surface area contributed by atoms with E-state index in [1.807, 2.05) is 29.0 Å². The van der Waals surface area contributed by atoms with Gasteiger partial charge in [0.1, 0.15) is 30.6 Å². The van der Waals surface area contributed by atoms with Crippen molar-refractivity contribution in [1.82, 2.24) is 24.5 Å². The highest BCUT2D eigenvalue weighted by atomic mass is 32.2. The predicted octanol–water partition coefficient (Wildman–Crippen LogP) is 3.98. The number of ether oxygens (including phenoxy) is 1. The van der Waals surface area contributed by atoms with Crippen molar-refractivity contribution in [3.8, 4) is 5.75 Å². The second-order valence-electron chi connectivity index (χ2n) is 14.2. The Morgan fingerprint density at radius 3 is 2.46 bits per heavy atom. The summed E-state index contributed by atoms with van der Waals surface area (Å²) < 4.78 is 53.1. The highest BCUT2D eigenvalue weighted by molar-refractivity contribution is 7.92. The molecule has 1 aliphatic carbocycles. The van der Waals surface area contributed by atoms with Gasteiger partial charge >= 0.3 is 15.9 Å². The Balaban J connectivity index is 0.971. The van der Waals surface area contributed by atoms with Crippen molar-refractivity contribution < 1.29 is 36.7 Å². The number of piperidine rings is 1. The highest BCUT2D eigenvalue weighted by Crippen LogP contribution is 2.40. The number of hydrogen-bond donors (Lipinski definition) is 3. The maximum absolute atomic E-state index is 16.2. The van der Waals surface area contributed by atoms with Gasteiger partial charge in [0.25, 0.3) is 11.8 Å². The zero-order valence-corrected chi connectivity index (χ0v) is 31.0. The lowest BCUT2D eigenvalue weighted by Crippen LogP contribution is -2.44. The molecule has 288 valence electrons. The van der Waals surface area contributed by atoms with Crippen LogP contribution in [0.15, 0.2) is 83.7 Å². The molecule has 0 saturated carbocycles. The van der Waals surface area contributed by atoms with Gasteiger partial charge in [0, 0.05) is 31.0 Å². The van der Waals surface area contributed by atoms with Crippen LogP contribution in [0.3, 0.4) is 0 Å². The number of anilines is 1. The standard InChI is InChI=1S/C40H37FN6O8S/c1-45-32-18-26(12-14-30(32)47(40(45)52)31-15-16-34(48)43-39(31)51)25-9-7-23(8-10-25)20-42-38(50)27-11-13-29-28(17-27)19-33(55-22-24-5-3-2-4-6-24)37(36(29)41)46-21-35(49)44-56(46,53)54/h2-6,9,11-14,17-19,23,31H,7-8,10,15-16,20-22H2,1H3,(H,42,50)(H,44,49)(H,43,48,51). The predicted molar refractivity (Wildman–Crippen MR) is 205 cm³/mol. The van der Waals surface area contributed by atoms with E-state index in [1.165, 1.54) is 33.4 Å². The summed E-state index contributed by atoms with van der Waals surface area (Å²) >= 11 is 0. The number of benzene rings is 4. The summed E-state index contributed by atoms with van der Waals surface area (Å²) in [5.41, 5.74) is 3.67. The van der Waals surface area contributed by atoms with E-state index in [2.05, 4.69) is 16.7 Å². The Bertz CT molecular complexity index is 2670. The molecular weight excluding hydrogens is 744 g/mol. The van der Waals surface area contributed by atoms with Crippen LogP contribution in [-0.4, -0.2) is 54.3 Å². The van der Waals surface area contributed by atoms with Gasteiger partial charge < -0.3 is 10.1 Å². The molecule has 4 amide bonds. The fourth-order valence-electron chi connectivity index (χ4n) is 7.66. The topological polar surface area (TPSA) is 178 Å². The number of imide groups is 1. The van der Waals surface area contributed by atoms with Crippen molar-refractivity contribution in [1.29, 1.82) is 0 Å². The van der Waals surface area contributed by atoms with Gasteiger partial charge in [0.05, 0.1) is 11.0 Å². The smallest absolute Gasteiger partial charge is 0.329 e. The van der Waals surface area contributed by atoms with E-state index in [0.717, 1.165) is 29.5 Å². The minimum atomic E-state index is -4.35. The van der Waals surface area contributed by atoms with Crippen molar-refractivity contribution in [3.05, 3.63) is 112 Å². The van der Waals surface area contributed by atoms with E-state index >= 15 is 4.39 Å². The molecule has 3 aliphatic rings. The molecule has 2 unspecified atom stereocenters. The molecular formula is C40H37FN6O8S. The first-order chi connectivity index (χ1) is 26.9. The third-order valence-electron chi connectivity index (χ3n) is 10.6. The number of halogens is 1. The lowest BCUT2D eigenvalue weighted by molar-refractivity contribution is -0.135. The Morgan fingerprint density at radius 1 is 0.946 bits per heavy atom. The number of nitrogens with one attached hydrogen (secondary N) is 3. The second kappa shape index (κ2) is 14.4. The quantitative estimate of drug-likeness (QED) is 0.188. The number of fused-ring (bicyclic) bond motifs is 2. The molecule has 4 aromatic carbocycles. The number of amides is 4. The fraction of sp³-hybridized carbons (Fsp3) is 0.275. The first-order valence-corrected chi connectivity index (χ1v) is 19.6. The van der Waals surface area contributed by atoms with Crippen molar-refractivity contribution in [3.63, 3.8) is 0 Å². The molecule has 3 N–H and O–H groups in total. The number of aromatic nitrogens is 2. The summed E-state index contributed by atoms with van der Waals surface area (Å²) in [6, 6.07) is 19.9. The number of carbonyl (C=O) groups excluding carboxylic acids is 4. The first-order valence-electron chi connectivity index (χ1n) is 18.2. The number of carbonyl (C=O) groups is 4. The third-order valence-corrected chi connectivity index (χ3v) is 12.0. The fourth-order valence-corrected chi connectivity index (χ4v) is 8.82. The van der Waals surface area contributed by atoms with Crippen molar-refractivity contribution in [2.45, 2.75) is 44.8 Å². The summed E-state index contributed by atoms with van der Waals surface area (Å²) in [6.07, 6.45) is 4.80. The molecule has 56 heavy (non-hydrogen) atoms. The normalized spacial score (nSPS) is 19.5. The maximum Gasteiger partial charge on any atom is 0.329 e. The van der Waals surface area contributed by atoms with Crippen LogP contribution >= 0.6 is 0 Å². The van der Waals surface area contributed by atoms with Crippen LogP contribution in [0, 0.1) is 11.7 Å². The van der Waals surface area contributed by atoms with E-state index in [0.29, 0.717) is 33.7 Å². The average Bonchev–Trinajstić information content (AvgIpc) is 3.61. The van der Waals surface area contributed by atoms with Crippen LogP contribution in [0.4, 0.5) is 10.1 Å². The molecule has 0 spiro atoms. The Hall–Kier alpha value is -6.29. The lowest BCUT2D eigenvalue weighted by Gasteiger charge is -2.23. The SMILES string of the molecule is Cn1c(=O)n(C2CCC(=O)NC2=O)c2ccc(C3=CCC(CNC(=O)c4ccc5c(F)c(N6CC(=O)NS6(=O)=O)c(OCc6ccccc6)cc5c4)CC3)cc21. The zero-order valence-electron chi connectivity index (χ0n) is 30.2. The molecule has 2 saturated heterocycles. The molecule has 2 aliphatic heterocycles. The minimum Gasteiger partial charge on any atom is -0.487 e. The zero-order chi connectivity index (χ0) is 39.3. The van der Waals surface area contributed by atoms with E-state index in [-0.39, 0.29) is 59.6 Å². The van der Waals surface area contributed by atoms with Crippen LogP contribution in [0.25, 0.3) is 27.4 Å². The summed E-state index contributed by atoms with van der Waals surface area (Å²) in [4.78, 5) is 62.9. The summed E-state index contributed by atoms with van der Waals surface area (Å²) in [5, 5.41) is 5.68. The number of allylic oxidation sites excluding steroid dienone is 2. The van der Waals surface area contributed by atoms with Gasteiger partial charge in [-0.2, -0.15) is 8.42 Å². The van der Waals surface area contributed by atoms with E-state index in [1.54, 1.807) is 31.3 Å². The summed E-state index contributed by atoms with van der Waals surface area (Å²) in [5.74, 6) is -2.84.